The lowest BCUT2D eigenvalue weighted by atomic mass is 9.71. The Labute approximate surface area is 192 Å². The number of Topliss-reactive ketones (excluding diaryl/α,β-unsaturated/α-hetero) is 1. The van der Waals surface area contributed by atoms with Crippen molar-refractivity contribution in [3.05, 3.63) is 71.9 Å². The van der Waals surface area contributed by atoms with E-state index in [9.17, 15) is 13.2 Å². The van der Waals surface area contributed by atoms with E-state index >= 15 is 0 Å². The summed E-state index contributed by atoms with van der Waals surface area (Å²) in [5.74, 6) is 0.138. The van der Waals surface area contributed by atoms with Gasteiger partial charge in [0.05, 0.1) is 5.75 Å². The first-order valence-corrected chi connectivity index (χ1v) is 13.5. The highest BCUT2D eigenvalue weighted by atomic mass is 32.2. The molecule has 2 aromatic rings. The molecule has 170 valence electrons. The summed E-state index contributed by atoms with van der Waals surface area (Å²) in [5, 5.41) is 0. The van der Waals surface area contributed by atoms with Gasteiger partial charge in [-0.3, -0.25) is 4.79 Å². The summed E-state index contributed by atoms with van der Waals surface area (Å²) in [7, 11) is -3.15. The Morgan fingerprint density at radius 1 is 1.03 bits per heavy atom. The molecule has 1 aliphatic heterocycles. The zero-order chi connectivity index (χ0) is 23.1. The maximum absolute atomic E-state index is 13.4. The Bertz CT molecular complexity index is 1140. The second-order valence-corrected chi connectivity index (χ2v) is 12.3. The van der Waals surface area contributed by atoms with Crippen molar-refractivity contribution in [2.24, 2.45) is 5.41 Å². The van der Waals surface area contributed by atoms with Crippen LogP contribution in [0.25, 0.3) is 0 Å². The first kappa shape index (κ1) is 22.8. The molecule has 0 aromatic heterocycles. The number of benzene rings is 2. The van der Waals surface area contributed by atoms with Crippen molar-refractivity contribution in [2.75, 3.05) is 16.9 Å². The molecule has 0 unspecified atom stereocenters. The molecule has 0 spiro atoms. The zero-order valence-corrected chi connectivity index (χ0v) is 20.2. The van der Waals surface area contributed by atoms with E-state index in [2.05, 4.69) is 37.5 Å². The number of ketones is 1. The summed E-state index contributed by atoms with van der Waals surface area (Å²) in [4.78, 5) is 15.6. The van der Waals surface area contributed by atoms with Crippen LogP contribution in [-0.4, -0.2) is 26.2 Å². The second kappa shape index (κ2) is 8.18. The molecule has 2 aromatic carbocycles. The summed E-state index contributed by atoms with van der Waals surface area (Å²) >= 11 is 0. The van der Waals surface area contributed by atoms with E-state index in [1.54, 1.807) is 0 Å². The van der Waals surface area contributed by atoms with Crippen LogP contribution in [0.15, 0.2) is 60.8 Å². The van der Waals surface area contributed by atoms with Crippen molar-refractivity contribution in [1.29, 1.82) is 0 Å². The van der Waals surface area contributed by atoms with Crippen LogP contribution in [0.5, 0.6) is 0 Å². The highest BCUT2D eigenvalue weighted by Gasteiger charge is 2.41. The highest BCUT2D eigenvalue weighted by Crippen LogP contribution is 2.51. The van der Waals surface area contributed by atoms with Gasteiger partial charge < -0.3 is 4.90 Å². The summed E-state index contributed by atoms with van der Waals surface area (Å²) in [6.45, 7) is 8.65. The van der Waals surface area contributed by atoms with Gasteiger partial charge in [-0.15, -0.1) is 0 Å². The maximum atomic E-state index is 13.4. The van der Waals surface area contributed by atoms with Gasteiger partial charge in [-0.2, -0.15) is 0 Å². The Balaban J connectivity index is 1.67. The number of carbonyl (C=O) groups excluding carboxylic acids is 1. The Morgan fingerprint density at radius 2 is 1.69 bits per heavy atom. The van der Waals surface area contributed by atoms with Gasteiger partial charge in [-0.25, -0.2) is 8.42 Å². The van der Waals surface area contributed by atoms with Crippen molar-refractivity contribution in [3.63, 3.8) is 0 Å². The lowest BCUT2D eigenvalue weighted by Crippen LogP contribution is -2.34. The average Bonchev–Trinajstić information content (AvgIpc) is 2.93. The van der Waals surface area contributed by atoms with Crippen molar-refractivity contribution >= 4 is 27.0 Å². The van der Waals surface area contributed by atoms with Gasteiger partial charge in [0.2, 0.25) is 0 Å². The normalized spacial score (nSPS) is 19.6. The maximum Gasteiger partial charge on any atom is 0.163 e. The Morgan fingerprint density at radius 3 is 2.31 bits per heavy atom. The van der Waals surface area contributed by atoms with Crippen molar-refractivity contribution in [2.45, 2.75) is 57.8 Å². The largest absolute Gasteiger partial charge is 0.314 e. The molecule has 0 radical (unpaired) electrons. The van der Waals surface area contributed by atoms with E-state index in [1.165, 1.54) is 6.26 Å². The predicted octanol–water partition coefficient (Wildman–Crippen LogP) is 6.20. The lowest BCUT2D eigenvalue weighted by Gasteiger charge is -2.36. The Kier molecular flexibility index (Phi) is 5.83. The van der Waals surface area contributed by atoms with Crippen LogP contribution < -0.4 is 4.90 Å². The third-order valence-corrected chi connectivity index (χ3v) is 8.39. The van der Waals surface area contributed by atoms with E-state index in [0.29, 0.717) is 12.0 Å². The van der Waals surface area contributed by atoms with Crippen LogP contribution in [0.1, 0.15) is 68.3 Å². The number of para-hydroxylation sites is 1. The third kappa shape index (κ3) is 4.27. The van der Waals surface area contributed by atoms with E-state index in [4.69, 9.17) is 0 Å². The van der Waals surface area contributed by atoms with Crippen LogP contribution in [-0.2, 0) is 15.3 Å². The molecule has 4 rings (SSSR count). The van der Waals surface area contributed by atoms with Gasteiger partial charge in [0.1, 0.15) is 9.84 Å². The van der Waals surface area contributed by atoms with Crippen LogP contribution in [0.4, 0.5) is 11.4 Å². The molecule has 5 heteroatoms. The molecule has 0 bridgehead atoms. The van der Waals surface area contributed by atoms with Crippen molar-refractivity contribution in [3.8, 4) is 0 Å². The molecule has 4 nitrogen and oxygen atoms in total. The first-order chi connectivity index (χ1) is 15.0. The molecule has 1 heterocycles. The quantitative estimate of drug-likeness (QED) is 0.491. The van der Waals surface area contributed by atoms with Crippen LogP contribution in [0.3, 0.4) is 0 Å². The molecule has 1 saturated carbocycles. The van der Waals surface area contributed by atoms with Crippen LogP contribution >= 0.6 is 0 Å². The highest BCUT2D eigenvalue weighted by molar-refractivity contribution is 7.90. The van der Waals surface area contributed by atoms with Gasteiger partial charge in [0.15, 0.2) is 5.78 Å². The summed E-state index contributed by atoms with van der Waals surface area (Å²) in [5.41, 5.74) is 4.08. The number of fused-ring (bicyclic) bond motifs is 1. The molecule has 0 saturated heterocycles. The predicted molar refractivity (Wildman–Crippen MR) is 131 cm³/mol. The fourth-order valence-electron chi connectivity index (χ4n) is 5.53. The number of carbonyl (C=O) groups is 1. The summed E-state index contributed by atoms with van der Waals surface area (Å²) in [6.07, 6.45) is 6.29. The minimum Gasteiger partial charge on any atom is -0.314 e. The van der Waals surface area contributed by atoms with E-state index in [1.807, 2.05) is 36.4 Å². The molecule has 2 aliphatic rings. The average molecular weight is 452 g/mol. The first-order valence-electron chi connectivity index (χ1n) is 11.4. The van der Waals surface area contributed by atoms with Gasteiger partial charge in [-0.1, -0.05) is 57.9 Å². The number of anilines is 2. The molecule has 0 N–H and O–H groups in total. The number of nitrogens with zero attached hydrogens (tertiary/aromatic N) is 1. The standard InChI is InChI=1S/C27H33NO3S/c1-20-26(2,3)23-17-21(13-14-24(23)28(20)22-11-7-5-8-12-22)25(29)18-27(19-32(4,30)31)15-9-6-10-16-27/h5,7-8,11-14,17H,1,6,9-10,15-16,18-19H2,2-4H3. The minimum absolute atomic E-state index is 0.0397. The van der Waals surface area contributed by atoms with Gasteiger partial charge in [-0.05, 0) is 54.2 Å². The van der Waals surface area contributed by atoms with Crippen LogP contribution in [0.2, 0.25) is 0 Å². The summed E-state index contributed by atoms with van der Waals surface area (Å²) < 4.78 is 24.3. The fourth-order valence-corrected chi connectivity index (χ4v) is 7.03. The topological polar surface area (TPSA) is 54.5 Å². The summed E-state index contributed by atoms with van der Waals surface area (Å²) in [6, 6.07) is 16.0. The number of rotatable bonds is 6. The molecule has 1 aliphatic carbocycles. The third-order valence-electron chi connectivity index (χ3n) is 7.26. The number of hydrogen-bond donors (Lipinski definition) is 0. The van der Waals surface area contributed by atoms with E-state index < -0.39 is 15.3 Å². The van der Waals surface area contributed by atoms with Crippen LogP contribution in [0, 0.1) is 5.41 Å². The number of hydrogen-bond acceptors (Lipinski definition) is 4. The van der Waals surface area contributed by atoms with Gasteiger partial charge >= 0.3 is 0 Å². The second-order valence-electron chi connectivity index (χ2n) is 10.2. The molecule has 1 fully saturated rings. The molecule has 0 amide bonds. The number of sulfone groups is 1. The zero-order valence-electron chi connectivity index (χ0n) is 19.4. The lowest BCUT2D eigenvalue weighted by molar-refractivity contribution is 0.0886. The fraction of sp³-hybridized carbons (Fsp3) is 0.444. The van der Waals surface area contributed by atoms with E-state index in [0.717, 1.165) is 54.7 Å². The van der Waals surface area contributed by atoms with Crippen molar-refractivity contribution in [1.82, 2.24) is 0 Å². The Hall–Kier alpha value is -2.40. The van der Waals surface area contributed by atoms with Gasteiger partial charge in [0.25, 0.3) is 0 Å². The number of allylic oxidation sites excluding steroid dienone is 1. The molecular formula is C27H33NO3S. The monoisotopic (exact) mass is 451 g/mol. The van der Waals surface area contributed by atoms with Gasteiger partial charge in [0, 0.05) is 40.7 Å². The van der Waals surface area contributed by atoms with Crippen molar-refractivity contribution < 1.29 is 13.2 Å². The molecule has 0 atom stereocenters. The molecular weight excluding hydrogens is 418 g/mol. The SMILES string of the molecule is C=C1N(c2ccccc2)c2ccc(C(=O)CC3(CS(C)(=O)=O)CCCCC3)cc2C1(C)C. The minimum atomic E-state index is -3.15. The smallest absolute Gasteiger partial charge is 0.163 e. The molecule has 32 heavy (non-hydrogen) atoms. The van der Waals surface area contributed by atoms with E-state index in [-0.39, 0.29) is 17.0 Å².